The Labute approximate surface area is 93.9 Å². The molecule has 0 aliphatic carbocycles. The number of aromatic nitrogens is 1. The van der Waals surface area contributed by atoms with Crippen LogP contribution in [0.3, 0.4) is 0 Å². The smallest absolute Gasteiger partial charge is 0.134 e. The van der Waals surface area contributed by atoms with Gasteiger partial charge in [-0.15, -0.1) is 0 Å². The highest BCUT2D eigenvalue weighted by Gasteiger charge is 2.05. The van der Waals surface area contributed by atoms with Crippen molar-refractivity contribution in [3.05, 3.63) is 36.7 Å². The lowest BCUT2D eigenvalue weighted by Crippen LogP contribution is -1.88. The van der Waals surface area contributed by atoms with Gasteiger partial charge >= 0.3 is 0 Å². The summed E-state index contributed by atoms with van der Waals surface area (Å²) in [6, 6.07) is 7.53. The summed E-state index contributed by atoms with van der Waals surface area (Å²) >= 11 is 0. The van der Waals surface area contributed by atoms with E-state index in [1.54, 1.807) is 18.5 Å². The zero-order valence-electron chi connectivity index (χ0n) is 9.40. The number of nitrogens with zero attached hydrogens (tertiary/aromatic N) is 1. The van der Waals surface area contributed by atoms with Gasteiger partial charge in [0.25, 0.3) is 0 Å². The van der Waals surface area contributed by atoms with Gasteiger partial charge < -0.3 is 10.2 Å². The molecule has 3 nitrogen and oxygen atoms in total. The number of rotatable bonds is 0. The minimum atomic E-state index is 0.738. The fourth-order valence-electron chi connectivity index (χ4n) is 1.72. The number of nitrogens with two attached hydrogens (primary N) is 1. The average Bonchev–Trinajstić information content (AvgIpc) is 2.80. The van der Waals surface area contributed by atoms with E-state index in [0.29, 0.717) is 0 Å². The first-order chi connectivity index (χ1) is 7.86. The summed E-state index contributed by atoms with van der Waals surface area (Å²) in [6.07, 6.45) is 3.38. The third-order valence-electron chi connectivity index (χ3n) is 2.37. The Bertz CT molecular complexity index is 613. The summed E-state index contributed by atoms with van der Waals surface area (Å²) in [5, 5.41) is 1.99. The van der Waals surface area contributed by atoms with E-state index >= 15 is 0 Å². The fraction of sp³-hybridized carbons (Fsp3) is 0.154. The van der Waals surface area contributed by atoms with Gasteiger partial charge in [0.1, 0.15) is 5.58 Å². The number of furan rings is 1. The van der Waals surface area contributed by atoms with Crippen LogP contribution in [0.25, 0.3) is 21.9 Å². The molecular weight excluding hydrogens is 200 g/mol. The van der Waals surface area contributed by atoms with E-state index in [1.165, 1.54) is 0 Å². The average molecular weight is 214 g/mol. The van der Waals surface area contributed by atoms with Crippen LogP contribution in [0.2, 0.25) is 0 Å². The molecule has 0 saturated carbocycles. The summed E-state index contributed by atoms with van der Waals surface area (Å²) in [5.74, 6) is 0. The van der Waals surface area contributed by atoms with Crippen molar-refractivity contribution in [2.24, 2.45) is 0 Å². The quantitative estimate of drug-likeness (QED) is 0.622. The standard InChI is InChI=1S/C11H8N2O.C2H6/c12-8-3-5-13-9-1-2-10-7(11(8)9)4-6-14-10;1-2/h1-6H,(H2,12,13);1-2H3. The molecule has 0 aliphatic rings. The molecule has 0 unspecified atom stereocenters. The molecule has 3 heteroatoms. The summed E-state index contributed by atoms with van der Waals surface area (Å²) in [4.78, 5) is 4.25. The van der Waals surface area contributed by atoms with Crippen LogP contribution in [0, 0.1) is 0 Å². The van der Waals surface area contributed by atoms with Gasteiger partial charge in [-0.25, -0.2) is 0 Å². The highest BCUT2D eigenvalue weighted by atomic mass is 16.3. The molecule has 0 bridgehead atoms. The molecule has 0 saturated heterocycles. The minimum Gasteiger partial charge on any atom is -0.464 e. The van der Waals surface area contributed by atoms with Crippen molar-refractivity contribution >= 4 is 27.6 Å². The second kappa shape index (κ2) is 4.23. The second-order valence-corrected chi connectivity index (χ2v) is 3.19. The summed E-state index contributed by atoms with van der Waals surface area (Å²) < 4.78 is 5.30. The summed E-state index contributed by atoms with van der Waals surface area (Å²) in [6.45, 7) is 4.00. The van der Waals surface area contributed by atoms with Gasteiger partial charge in [0, 0.05) is 22.7 Å². The van der Waals surface area contributed by atoms with Crippen molar-refractivity contribution in [3.8, 4) is 0 Å². The van der Waals surface area contributed by atoms with E-state index in [4.69, 9.17) is 10.2 Å². The minimum absolute atomic E-state index is 0.738. The first-order valence-corrected chi connectivity index (χ1v) is 5.37. The lowest BCUT2D eigenvalue weighted by Gasteiger charge is -2.00. The molecule has 3 rings (SSSR count). The molecule has 2 N–H and O–H groups in total. The maximum absolute atomic E-state index is 5.90. The molecule has 0 radical (unpaired) electrons. The van der Waals surface area contributed by atoms with Gasteiger partial charge in [0.15, 0.2) is 0 Å². The largest absolute Gasteiger partial charge is 0.464 e. The summed E-state index contributed by atoms with van der Waals surface area (Å²) in [5.41, 5.74) is 8.38. The van der Waals surface area contributed by atoms with E-state index in [0.717, 1.165) is 27.6 Å². The van der Waals surface area contributed by atoms with Crippen molar-refractivity contribution in [1.29, 1.82) is 0 Å². The molecule has 82 valence electrons. The topological polar surface area (TPSA) is 52.0 Å². The monoisotopic (exact) mass is 214 g/mol. The molecule has 0 fully saturated rings. The van der Waals surface area contributed by atoms with Crippen molar-refractivity contribution in [2.75, 3.05) is 5.73 Å². The summed E-state index contributed by atoms with van der Waals surface area (Å²) in [7, 11) is 0. The highest BCUT2D eigenvalue weighted by molar-refractivity contribution is 6.10. The zero-order valence-corrected chi connectivity index (χ0v) is 9.40. The number of anilines is 1. The van der Waals surface area contributed by atoms with E-state index < -0.39 is 0 Å². The number of fused-ring (bicyclic) bond motifs is 3. The molecule has 2 heterocycles. The first kappa shape index (κ1) is 10.5. The van der Waals surface area contributed by atoms with Crippen LogP contribution < -0.4 is 5.73 Å². The Balaban J connectivity index is 0.000000457. The third kappa shape index (κ3) is 1.50. The normalized spacial score (nSPS) is 10.1. The Kier molecular flexibility index (Phi) is 2.77. The molecule has 0 atom stereocenters. The molecule has 16 heavy (non-hydrogen) atoms. The molecule has 0 aliphatic heterocycles. The van der Waals surface area contributed by atoms with Gasteiger partial charge in [-0.1, -0.05) is 13.8 Å². The fourth-order valence-corrected chi connectivity index (χ4v) is 1.72. The molecule has 0 spiro atoms. The number of pyridine rings is 1. The molecular formula is C13H14N2O. The van der Waals surface area contributed by atoms with E-state index in [2.05, 4.69) is 4.98 Å². The molecule has 2 aromatic heterocycles. The highest BCUT2D eigenvalue weighted by Crippen LogP contribution is 2.28. The number of benzene rings is 1. The molecule has 3 aromatic rings. The number of nitrogen functional groups attached to an aromatic ring is 1. The van der Waals surface area contributed by atoms with Crippen molar-refractivity contribution in [3.63, 3.8) is 0 Å². The third-order valence-corrected chi connectivity index (χ3v) is 2.37. The van der Waals surface area contributed by atoms with Crippen molar-refractivity contribution < 1.29 is 4.42 Å². The van der Waals surface area contributed by atoms with Crippen LogP contribution in [0.5, 0.6) is 0 Å². The van der Waals surface area contributed by atoms with Crippen LogP contribution in [0.4, 0.5) is 5.69 Å². The van der Waals surface area contributed by atoms with Gasteiger partial charge in [0.2, 0.25) is 0 Å². The zero-order chi connectivity index (χ0) is 11.5. The van der Waals surface area contributed by atoms with Gasteiger partial charge in [-0.05, 0) is 24.3 Å². The maximum atomic E-state index is 5.90. The lowest BCUT2D eigenvalue weighted by molar-refractivity contribution is 0.616. The van der Waals surface area contributed by atoms with Crippen molar-refractivity contribution in [2.45, 2.75) is 13.8 Å². The van der Waals surface area contributed by atoms with Gasteiger partial charge in [-0.3, -0.25) is 4.98 Å². The molecule has 1 aromatic carbocycles. The van der Waals surface area contributed by atoms with Crippen LogP contribution in [0.15, 0.2) is 41.1 Å². The van der Waals surface area contributed by atoms with Crippen LogP contribution in [-0.4, -0.2) is 4.98 Å². The van der Waals surface area contributed by atoms with Crippen molar-refractivity contribution in [1.82, 2.24) is 4.98 Å². The Morgan fingerprint density at radius 1 is 1.12 bits per heavy atom. The predicted molar refractivity (Wildman–Crippen MR) is 67.3 cm³/mol. The van der Waals surface area contributed by atoms with Crippen LogP contribution >= 0.6 is 0 Å². The number of hydrogen-bond acceptors (Lipinski definition) is 3. The van der Waals surface area contributed by atoms with E-state index in [1.807, 2.05) is 32.0 Å². The SMILES string of the molecule is CC.Nc1ccnc2ccc3occc3c12. The maximum Gasteiger partial charge on any atom is 0.134 e. The Morgan fingerprint density at radius 3 is 2.75 bits per heavy atom. The van der Waals surface area contributed by atoms with Gasteiger partial charge in [-0.2, -0.15) is 0 Å². The Morgan fingerprint density at radius 2 is 1.94 bits per heavy atom. The van der Waals surface area contributed by atoms with Gasteiger partial charge in [0.05, 0.1) is 11.8 Å². The second-order valence-electron chi connectivity index (χ2n) is 3.19. The molecule has 0 amide bonds. The van der Waals surface area contributed by atoms with Crippen LogP contribution in [0.1, 0.15) is 13.8 Å². The predicted octanol–water partition coefficient (Wildman–Crippen LogP) is 3.59. The Hall–Kier alpha value is -2.03. The first-order valence-electron chi connectivity index (χ1n) is 5.37. The number of hydrogen-bond donors (Lipinski definition) is 1. The van der Waals surface area contributed by atoms with E-state index in [9.17, 15) is 0 Å². The van der Waals surface area contributed by atoms with Crippen LogP contribution in [-0.2, 0) is 0 Å². The van der Waals surface area contributed by atoms with E-state index in [-0.39, 0.29) is 0 Å². The lowest BCUT2D eigenvalue weighted by atomic mass is 10.1.